The number of nitrogens with one attached hydrogen (secondary N) is 1. The molecule has 3 N–H and O–H groups in total. The van der Waals surface area contributed by atoms with Crippen LogP contribution in [0.1, 0.15) is 5.56 Å². The van der Waals surface area contributed by atoms with E-state index in [0.29, 0.717) is 6.54 Å². The summed E-state index contributed by atoms with van der Waals surface area (Å²) in [6, 6.07) is 13.4. The van der Waals surface area contributed by atoms with Gasteiger partial charge in [-0.3, -0.25) is 9.78 Å². The van der Waals surface area contributed by atoms with Crippen molar-refractivity contribution in [1.82, 2.24) is 9.97 Å². The molecular formula is C17H15N3O. The Morgan fingerprint density at radius 2 is 1.81 bits per heavy atom. The lowest BCUT2D eigenvalue weighted by atomic mass is 9.96. The van der Waals surface area contributed by atoms with Crippen LogP contribution in [0.15, 0.2) is 65.8 Å². The Bertz CT molecular complexity index is 810. The highest BCUT2D eigenvalue weighted by Gasteiger charge is 2.08. The van der Waals surface area contributed by atoms with Crippen molar-refractivity contribution in [3.63, 3.8) is 0 Å². The quantitative estimate of drug-likeness (QED) is 0.773. The van der Waals surface area contributed by atoms with Gasteiger partial charge in [-0.05, 0) is 40.5 Å². The highest BCUT2D eigenvalue weighted by atomic mass is 16.1. The molecule has 0 aliphatic rings. The standard InChI is InChI=1S/C17H15N3O/c18-10-12-2-1-3-14(8-12)15-9-17(21)20-11-16(15)13-4-6-19-7-5-13/h1-9,11H,10,18H2,(H,20,21). The molecule has 1 aromatic carbocycles. The minimum absolute atomic E-state index is 0.124. The van der Waals surface area contributed by atoms with E-state index in [1.54, 1.807) is 24.7 Å². The number of nitrogens with two attached hydrogens (primary N) is 1. The number of nitrogens with zero attached hydrogens (tertiary/aromatic N) is 1. The molecule has 3 aromatic rings. The number of pyridine rings is 2. The Morgan fingerprint density at radius 3 is 2.57 bits per heavy atom. The zero-order valence-corrected chi connectivity index (χ0v) is 11.4. The first kappa shape index (κ1) is 13.3. The number of benzene rings is 1. The number of hydrogen-bond donors (Lipinski definition) is 2. The van der Waals surface area contributed by atoms with E-state index in [0.717, 1.165) is 27.8 Å². The average molecular weight is 277 g/mol. The summed E-state index contributed by atoms with van der Waals surface area (Å²) in [6.07, 6.45) is 5.21. The van der Waals surface area contributed by atoms with Gasteiger partial charge in [-0.1, -0.05) is 18.2 Å². The smallest absolute Gasteiger partial charge is 0.248 e. The van der Waals surface area contributed by atoms with Crippen LogP contribution < -0.4 is 11.3 Å². The minimum Gasteiger partial charge on any atom is -0.328 e. The Hall–Kier alpha value is -2.72. The third-order valence-electron chi connectivity index (χ3n) is 3.39. The van der Waals surface area contributed by atoms with Gasteiger partial charge in [-0.2, -0.15) is 0 Å². The molecule has 0 saturated heterocycles. The normalized spacial score (nSPS) is 10.5. The van der Waals surface area contributed by atoms with E-state index in [9.17, 15) is 4.79 Å². The van der Waals surface area contributed by atoms with Crippen LogP contribution in [-0.4, -0.2) is 9.97 Å². The summed E-state index contributed by atoms with van der Waals surface area (Å²) in [7, 11) is 0. The van der Waals surface area contributed by atoms with Crippen LogP contribution in [0, 0.1) is 0 Å². The molecular weight excluding hydrogens is 262 g/mol. The van der Waals surface area contributed by atoms with Gasteiger partial charge in [0, 0.05) is 36.8 Å². The minimum atomic E-state index is -0.124. The van der Waals surface area contributed by atoms with Crippen LogP contribution in [0.2, 0.25) is 0 Å². The van der Waals surface area contributed by atoms with Crippen molar-refractivity contribution in [3.8, 4) is 22.3 Å². The first-order valence-corrected chi connectivity index (χ1v) is 6.70. The SMILES string of the molecule is NCc1cccc(-c2cc(=O)[nH]cc2-c2ccncc2)c1. The molecule has 3 rings (SSSR count). The summed E-state index contributed by atoms with van der Waals surface area (Å²) in [5.41, 5.74) is 10.5. The van der Waals surface area contributed by atoms with Gasteiger partial charge in [-0.25, -0.2) is 0 Å². The molecule has 0 saturated carbocycles. The molecule has 104 valence electrons. The van der Waals surface area contributed by atoms with Gasteiger partial charge in [0.05, 0.1) is 0 Å². The van der Waals surface area contributed by atoms with E-state index in [4.69, 9.17) is 5.73 Å². The molecule has 0 fully saturated rings. The molecule has 0 bridgehead atoms. The predicted octanol–water partition coefficient (Wildman–Crippen LogP) is 2.56. The molecule has 4 nitrogen and oxygen atoms in total. The number of aromatic nitrogens is 2. The third kappa shape index (κ3) is 2.75. The van der Waals surface area contributed by atoms with Gasteiger partial charge >= 0.3 is 0 Å². The molecule has 0 amide bonds. The van der Waals surface area contributed by atoms with Crippen molar-refractivity contribution in [2.75, 3.05) is 0 Å². The van der Waals surface area contributed by atoms with Crippen LogP contribution in [0.25, 0.3) is 22.3 Å². The second-order valence-corrected chi connectivity index (χ2v) is 4.77. The van der Waals surface area contributed by atoms with Crippen molar-refractivity contribution in [2.24, 2.45) is 5.73 Å². The summed E-state index contributed by atoms with van der Waals surface area (Å²) < 4.78 is 0. The van der Waals surface area contributed by atoms with E-state index in [2.05, 4.69) is 9.97 Å². The second kappa shape index (κ2) is 5.73. The van der Waals surface area contributed by atoms with Crippen LogP contribution in [0.3, 0.4) is 0 Å². The van der Waals surface area contributed by atoms with E-state index in [1.807, 2.05) is 36.4 Å². The topological polar surface area (TPSA) is 71.8 Å². The van der Waals surface area contributed by atoms with Crippen molar-refractivity contribution in [2.45, 2.75) is 6.54 Å². The summed E-state index contributed by atoms with van der Waals surface area (Å²) in [6.45, 7) is 0.474. The Balaban J connectivity index is 2.21. The summed E-state index contributed by atoms with van der Waals surface area (Å²) >= 11 is 0. The first-order chi connectivity index (χ1) is 10.3. The zero-order chi connectivity index (χ0) is 14.7. The maximum Gasteiger partial charge on any atom is 0.248 e. The van der Waals surface area contributed by atoms with Gasteiger partial charge in [0.15, 0.2) is 0 Å². The fourth-order valence-corrected chi connectivity index (χ4v) is 2.35. The number of hydrogen-bond acceptors (Lipinski definition) is 3. The Kier molecular flexibility index (Phi) is 3.62. The molecule has 0 radical (unpaired) electrons. The van der Waals surface area contributed by atoms with Gasteiger partial charge in [0.25, 0.3) is 0 Å². The lowest BCUT2D eigenvalue weighted by Crippen LogP contribution is -2.05. The van der Waals surface area contributed by atoms with Gasteiger partial charge in [0.1, 0.15) is 0 Å². The van der Waals surface area contributed by atoms with E-state index in [-0.39, 0.29) is 5.56 Å². The van der Waals surface area contributed by atoms with E-state index >= 15 is 0 Å². The lowest BCUT2D eigenvalue weighted by molar-refractivity contribution is 1.07. The van der Waals surface area contributed by atoms with Crippen molar-refractivity contribution >= 4 is 0 Å². The lowest BCUT2D eigenvalue weighted by Gasteiger charge is -2.10. The van der Waals surface area contributed by atoms with E-state index in [1.165, 1.54) is 0 Å². The molecule has 0 spiro atoms. The Labute approximate surface area is 122 Å². The van der Waals surface area contributed by atoms with Crippen LogP contribution in [-0.2, 0) is 6.54 Å². The summed E-state index contributed by atoms with van der Waals surface area (Å²) in [4.78, 5) is 18.5. The fraction of sp³-hybridized carbons (Fsp3) is 0.0588. The molecule has 4 heteroatoms. The molecule has 21 heavy (non-hydrogen) atoms. The maximum atomic E-state index is 11.7. The van der Waals surface area contributed by atoms with Crippen molar-refractivity contribution in [1.29, 1.82) is 0 Å². The molecule has 2 aromatic heterocycles. The van der Waals surface area contributed by atoms with Crippen molar-refractivity contribution < 1.29 is 0 Å². The predicted molar refractivity (Wildman–Crippen MR) is 83.6 cm³/mol. The fourth-order valence-electron chi connectivity index (χ4n) is 2.35. The highest BCUT2D eigenvalue weighted by molar-refractivity contribution is 5.82. The van der Waals surface area contributed by atoms with Crippen molar-refractivity contribution in [3.05, 3.63) is 77.0 Å². The Morgan fingerprint density at radius 1 is 1.00 bits per heavy atom. The first-order valence-electron chi connectivity index (χ1n) is 6.70. The van der Waals surface area contributed by atoms with Crippen LogP contribution in [0.5, 0.6) is 0 Å². The molecule has 0 atom stereocenters. The molecule has 0 unspecified atom stereocenters. The number of H-pyrrole nitrogens is 1. The van der Waals surface area contributed by atoms with Gasteiger partial charge < -0.3 is 10.7 Å². The maximum absolute atomic E-state index is 11.7. The van der Waals surface area contributed by atoms with Crippen LogP contribution in [0.4, 0.5) is 0 Å². The summed E-state index contributed by atoms with van der Waals surface area (Å²) in [5, 5.41) is 0. The van der Waals surface area contributed by atoms with E-state index < -0.39 is 0 Å². The van der Waals surface area contributed by atoms with Gasteiger partial charge in [-0.15, -0.1) is 0 Å². The monoisotopic (exact) mass is 277 g/mol. The van der Waals surface area contributed by atoms with Gasteiger partial charge in [0.2, 0.25) is 5.56 Å². The average Bonchev–Trinajstić information content (AvgIpc) is 2.55. The molecule has 0 aliphatic heterocycles. The second-order valence-electron chi connectivity index (χ2n) is 4.77. The number of rotatable bonds is 3. The number of aromatic amines is 1. The zero-order valence-electron chi connectivity index (χ0n) is 11.4. The summed E-state index contributed by atoms with van der Waals surface area (Å²) in [5.74, 6) is 0. The highest BCUT2D eigenvalue weighted by Crippen LogP contribution is 2.30. The molecule has 0 aliphatic carbocycles. The molecule has 2 heterocycles. The third-order valence-corrected chi connectivity index (χ3v) is 3.39. The largest absolute Gasteiger partial charge is 0.328 e. The van der Waals surface area contributed by atoms with Crippen LogP contribution >= 0.6 is 0 Å².